The number of nitrogens with zero attached hydrogens (tertiary/aromatic N) is 4. The van der Waals surface area contributed by atoms with Gasteiger partial charge in [-0.15, -0.1) is 0 Å². The molecular weight excluding hydrogens is 198 g/mol. The first-order chi connectivity index (χ1) is 7.15. The minimum Gasteiger partial charge on any atom is -0.477 e. The summed E-state index contributed by atoms with van der Waals surface area (Å²) in [5.41, 5.74) is 5.94. The van der Waals surface area contributed by atoms with Crippen molar-refractivity contribution in [3.8, 4) is 0 Å². The highest BCUT2D eigenvalue weighted by molar-refractivity contribution is 6.04. The van der Waals surface area contributed by atoms with Gasteiger partial charge in [0.2, 0.25) is 0 Å². The normalized spacial score (nSPS) is 10.7. The third kappa shape index (κ3) is 1.28. The molecule has 0 fully saturated rings. The fourth-order valence-electron chi connectivity index (χ4n) is 1.43. The Kier molecular flexibility index (Phi) is 2.00. The van der Waals surface area contributed by atoms with Crippen molar-refractivity contribution >= 4 is 22.8 Å². The molecule has 0 spiro atoms. The van der Waals surface area contributed by atoms with Gasteiger partial charge in [-0.3, -0.25) is 4.68 Å². The van der Waals surface area contributed by atoms with E-state index in [-0.39, 0.29) is 11.5 Å². The standard InChI is InChI=1S/C8H9N5O2/c1-2-13-5(8(14)15)4-6(9)10-3-11-7(4)12-13/h3H,2H2,1H3,(H,14,15)(H2,9,10,11,12). The first kappa shape index (κ1) is 9.38. The van der Waals surface area contributed by atoms with E-state index in [2.05, 4.69) is 15.1 Å². The van der Waals surface area contributed by atoms with Crippen molar-refractivity contribution in [3.63, 3.8) is 0 Å². The lowest BCUT2D eigenvalue weighted by atomic mass is 10.3. The summed E-state index contributed by atoms with van der Waals surface area (Å²) in [5.74, 6) is -0.946. The van der Waals surface area contributed by atoms with Crippen molar-refractivity contribution in [2.45, 2.75) is 13.5 Å². The Bertz CT molecular complexity index is 533. The van der Waals surface area contributed by atoms with Crippen LogP contribution in [0.1, 0.15) is 17.4 Å². The number of carbonyl (C=O) groups is 1. The lowest BCUT2D eigenvalue weighted by Gasteiger charge is -1.99. The minimum absolute atomic E-state index is 0.0330. The first-order valence-electron chi connectivity index (χ1n) is 4.35. The van der Waals surface area contributed by atoms with Crippen molar-refractivity contribution < 1.29 is 9.90 Å². The SMILES string of the molecule is CCn1nc2ncnc(N)c2c1C(=O)O. The van der Waals surface area contributed by atoms with E-state index in [9.17, 15) is 4.79 Å². The number of aryl methyl sites for hydroxylation is 1. The van der Waals surface area contributed by atoms with Crippen LogP contribution < -0.4 is 5.73 Å². The molecule has 15 heavy (non-hydrogen) atoms. The first-order valence-corrected chi connectivity index (χ1v) is 4.35. The van der Waals surface area contributed by atoms with E-state index in [0.717, 1.165) is 0 Å². The molecule has 0 saturated carbocycles. The van der Waals surface area contributed by atoms with Crippen molar-refractivity contribution in [2.75, 3.05) is 5.73 Å². The molecule has 0 aliphatic carbocycles. The third-order valence-corrected chi connectivity index (χ3v) is 2.07. The van der Waals surface area contributed by atoms with E-state index in [0.29, 0.717) is 17.6 Å². The van der Waals surface area contributed by atoms with Crippen LogP contribution in [0.2, 0.25) is 0 Å². The van der Waals surface area contributed by atoms with Crippen LogP contribution in [0.4, 0.5) is 5.82 Å². The van der Waals surface area contributed by atoms with Crippen LogP contribution in [0.5, 0.6) is 0 Å². The lowest BCUT2D eigenvalue weighted by Crippen LogP contribution is -2.09. The molecule has 7 heteroatoms. The molecule has 0 amide bonds. The number of fused-ring (bicyclic) bond motifs is 1. The Labute approximate surface area is 84.6 Å². The largest absolute Gasteiger partial charge is 0.477 e. The van der Waals surface area contributed by atoms with Gasteiger partial charge in [-0.2, -0.15) is 5.10 Å². The van der Waals surface area contributed by atoms with Crippen LogP contribution in [-0.4, -0.2) is 30.8 Å². The van der Waals surface area contributed by atoms with Crippen LogP contribution in [-0.2, 0) is 6.54 Å². The number of rotatable bonds is 2. The summed E-state index contributed by atoms with van der Waals surface area (Å²) in [6.45, 7) is 2.24. The molecule has 0 atom stereocenters. The second-order valence-electron chi connectivity index (χ2n) is 2.93. The lowest BCUT2D eigenvalue weighted by molar-refractivity contribution is 0.0685. The van der Waals surface area contributed by atoms with Crippen molar-refractivity contribution in [3.05, 3.63) is 12.0 Å². The number of anilines is 1. The fourth-order valence-corrected chi connectivity index (χ4v) is 1.43. The minimum atomic E-state index is -1.08. The van der Waals surface area contributed by atoms with Crippen LogP contribution >= 0.6 is 0 Å². The van der Waals surface area contributed by atoms with Crippen LogP contribution in [0.25, 0.3) is 11.0 Å². The third-order valence-electron chi connectivity index (χ3n) is 2.07. The fraction of sp³-hybridized carbons (Fsp3) is 0.250. The molecule has 0 radical (unpaired) electrons. The molecule has 78 valence electrons. The number of nitrogens with two attached hydrogens (primary N) is 1. The molecule has 2 rings (SSSR count). The van der Waals surface area contributed by atoms with E-state index in [4.69, 9.17) is 10.8 Å². The zero-order valence-corrected chi connectivity index (χ0v) is 8.01. The number of hydrogen-bond donors (Lipinski definition) is 2. The van der Waals surface area contributed by atoms with Gasteiger partial charge >= 0.3 is 5.97 Å². The van der Waals surface area contributed by atoms with Gasteiger partial charge in [0.05, 0.1) is 5.39 Å². The van der Waals surface area contributed by atoms with Crippen LogP contribution in [0.3, 0.4) is 0 Å². The molecule has 0 aliphatic rings. The molecule has 0 saturated heterocycles. The number of nitrogen functional groups attached to an aromatic ring is 1. The van der Waals surface area contributed by atoms with Crippen LogP contribution in [0, 0.1) is 0 Å². The summed E-state index contributed by atoms with van der Waals surface area (Å²) in [4.78, 5) is 18.7. The second-order valence-corrected chi connectivity index (χ2v) is 2.93. The predicted molar refractivity (Wildman–Crippen MR) is 52.4 cm³/mol. The van der Waals surface area contributed by atoms with Crippen molar-refractivity contribution in [1.82, 2.24) is 19.7 Å². The van der Waals surface area contributed by atoms with E-state index in [1.54, 1.807) is 6.92 Å². The Balaban J connectivity index is 2.88. The zero-order valence-electron chi connectivity index (χ0n) is 8.01. The van der Waals surface area contributed by atoms with Crippen LogP contribution in [0.15, 0.2) is 6.33 Å². The number of carboxylic acids is 1. The maximum absolute atomic E-state index is 11.0. The highest BCUT2D eigenvalue weighted by Gasteiger charge is 2.20. The highest BCUT2D eigenvalue weighted by Crippen LogP contribution is 2.20. The Morgan fingerprint density at radius 1 is 1.60 bits per heavy atom. The summed E-state index contributed by atoms with van der Waals surface area (Å²) in [6.07, 6.45) is 1.26. The molecular formula is C8H9N5O2. The smallest absolute Gasteiger partial charge is 0.355 e. The molecule has 2 aromatic rings. The Hall–Kier alpha value is -2.18. The van der Waals surface area contributed by atoms with Gasteiger partial charge in [-0.05, 0) is 6.92 Å². The predicted octanol–water partition coefficient (Wildman–Crippen LogP) is 0.127. The summed E-state index contributed by atoms with van der Waals surface area (Å²) >= 11 is 0. The maximum atomic E-state index is 11.0. The number of aromatic nitrogens is 4. The molecule has 3 N–H and O–H groups in total. The molecule has 0 aromatic carbocycles. The zero-order chi connectivity index (χ0) is 11.0. The average Bonchev–Trinajstić information content (AvgIpc) is 2.57. The van der Waals surface area contributed by atoms with Gasteiger partial charge in [-0.1, -0.05) is 0 Å². The molecule has 0 aliphatic heterocycles. The summed E-state index contributed by atoms with van der Waals surface area (Å²) < 4.78 is 1.35. The molecule has 0 unspecified atom stereocenters. The monoisotopic (exact) mass is 207 g/mol. The second kappa shape index (κ2) is 3.19. The van der Waals surface area contributed by atoms with Gasteiger partial charge in [0, 0.05) is 6.54 Å². The quantitative estimate of drug-likeness (QED) is 0.724. The van der Waals surface area contributed by atoms with Gasteiger partial charge < -0.3 is 10.8 Å². The number of aromatic carboxylic acids is 1. The van der Waals surface area contributed by atoms with Gasteiger partial charge in [-0.25, -0.2) is 14.8 Å². The summed E-state index contributed by atoms with van der Waals surface area (Å²) in [7, 11) is 0. The van der Waals surface area contributed by atoms with E-state index in [1.165, 1.54) is 11.0 Å². The Morgan fingerprint density at radius 3 is 2.93 bits per heavy atom. The summed E-state index contributed by atoms with van der Waals surface area (Å²) in [5, 5.41) is 13.4. The number of carboxylic acid groups (broad SMARTS) is 1. The summed E-state index contributed by atoms with van der Waals surface area (Å²) in [6, 6.07) is 0. The van der Waals surface area contributed by atoms with E-state index >= 15 is 0 Å². The topological polar surface area (TPSA) is 107 Å². The molecule has 2 aromatic heterocycles. The van der Waals surface area contributed by atoms with E-state index < -0.39 is 5.97 Å². The van der Waals surface area contributed by atoms with E-state index in [1.807, 2.05) is 0 Å². The van der Waals surface area contributed by atoms with Crippen molar-refractivity contribution in [2.24, 2.45) is 0 Å². The van der Waals surface area contributed by atoms with Crippen molar-refractivity contribution in [1.29, 1.82) is 0 Å². The highest BCUT2D eigenvalue weighted by atomic mass is 16.4. The average molecular weight is 207 g/mol. The molecule has 0 bridgehead atoms. The Morgan fingerprint density at radius 2 is 2.33 bits per heavy atom. The number of hydrogen-bond acceptors (Lipinski definition) is 5. The van der Waals surface area contributed by atoms with Gasteiger partial charge in [0.15, 0.2) is 11.3 Å². The van der Waals surface area contributed by atoms with Gasteiger partial charge in [0.25, 0.3) is 0 Å². The van der Waals surface area contributed by atoms with Gasteiger partial charge in [0.1, 0.15) is 12.1 Å². The maximum Gasteiger partial charge on any atom is 0.355 e. The molecule has 2 heterocycles. The molecule has 7 nitrogen and oxygen atoms in total.